The van der Waals surface area contributed by atoms with Crippen LogP contribution < -0.4 is 0 Å². The van der Waals surface area contributed by atoms with E-state index in [4.69, 9.17) is 0 Å². The van der Waals surface area contributed by atoms with Gasteiger partial charge in [-0.3, -0.25) is 0 Å². The maximum atomic E-state index is 9.84. The molecule has 72 valence electrons. The van der Waals surface area contributed by atoms with Crippen molar-refractivity contribution < 1.29 is 4.79 Å². The fourth-order valence-electron chi connectivity index (χ4n) is 3.21. The third-order valence-electron chi connectivity index (χ3n) is 3.79. The summed E-state index contributed by atoms with van der Waals surface area (Å²) in [6.45, 7) is 0.692. The van der Waals surface area contributed by atoms with E-state index in [1.807, 2.05) is 0 Å². The van der Waals surface area contributed by atoms with Crippen molar-refractivity contribution in [1.82, 2.24) is 0 Å². The van der Waals surface area contributed by atoms with Crippen molar-refractivity contribution in [2.24, 2.45) is 22.7 Å². The number of hydrogen-bond acceptors (Lipinski definition) is 2. The van der Waals surface area contributed by atoms with E-state index in [1.54, 1.807) is 6.08 Å². The summed E-state index contributed by atoms with van der Waals surface area (Å²) >= 11 is 0. The van der Waals surface area contributed by atoms with Crippen LogP contribution in [0.1, 0.15) is 38.5 Å². The van der Waals surface area contributed by atoms with Crippen LogP contribution in [0.25, 0.3) is 0 Å². The molecular weight excluding hydrogens is 162 g/mol. The number of aliphatic imine (C=N–C) groups is 1. The van der Waals surface area contributed by atoms with Crippen LogP contribution in [0.4, 0.5) is 0 Å². The van der Waals surface area contributed by atoms with Crippen molar-refractivity contribution in [3.05, 3.63) is 0 Å². The van der Waals surface area contributed by atoms with Crippen molar-refractivity contribution in [3.63, 3.8) is 0 Å². The average molecular weight is 179 g/mol. The highest BCUT2D eigenvalue weighted by molar-refractivity contribution is 5.32. The number of fused-ring (bicyclic) bond motifs is 2. The van der Waals surface area contributed by atoms with E-state index in [1.165, 1.54) is 32.1 Å². The Morgan fingerprint density at radius 1 is 1.31 bits per heavy atom. The van der Waals surface area contributed by atoms with Crippen LogP contribution in [-0.2, 0) is 4.79 Å². The zero-order chi connectivity index (χ0) is 9.10. The third kappa shape index (κ3) is 2.00. The lowest BCUT2D eigenvalue weighted by Crippen LogP contribution is -2.10. The highest BCUT2D eigenvalue weighted by Crippen LogP contribution is 2.49. The third-order valence-corrected chi connectivity index (χ3v) is 3.79. The van der Waals surface area contributed by atoms with Gasteiger partial charge in [0.05, 0.1) is 6.54 Å². The summed E-state index contributed by atoms with van der Waals surface area (Å²) in [5.74, 6) is 3.02. The Bertz CT molecular complexity index is 220. The molecule has 13 heavy (non-hydrogen) atoms. The van der Waals surface area contributed by atoms with Gasteiger partial charge in [0.25, 0.3) is 0 Å². The number of rotatable bonds is 4. The smallest absolute Gasteiger partial charge is 0.211 e. The van der Waals surface area contributed by atoms with Gasteiger partial charge < -0.3 is 0 Å². The molecule has 2 rings (SSSR count). The Kier molecular flexibility index (Phi) is 2.80. The molecule has 0 aromatic heterocycles. The Hall–Kier alpha value is -0.620. The van der Waals surface area contributed by atoms with Crippen LogP contribution in [-0.4, -0.2) is 12.6 Å². The van der Waals surface area contributed by atoms with Gasteiger partial charge in [0.2, 0.25) is 6.08 Å². The first-order chi connectivity index (χ1) is 6.40. The van der Waals surface area contributed by atoms with Gasteiger partial charge in [0, 0.05) is 0 Å². The number of isocyanates is 1. The van der Waals surface area contributed by atoms with Gasteiger partial charge in [-0.05, 0) is 49.9 Å². The minimum Gasteiger partial charge on any atom is -0.211 e. The lowest BCUT2D eigenvalue weighted by atomic mass is 9.85. The van der Waals surface area contributed by atoms with Gasteiger partial charge in [0.15, 0.2) is 0 Å². The van der Waals surface area contributed by atoms with Crippen molar-refractivity contribution in [2.45, 2.75) is 38.5 Å². The largest absolute Gasteiger partial charge is 0.234 e. The molecular formula is C11H17NO. The number of hydrogen-bond donors (Lipinski definition) is 0. The fourth-order valence-corrected chi connectivity index (χ4v) is 3.21. The quantitative estimate of drug-likeness (QED) is 0.370. The summed E-state index contributed by atoms with van der Waals surface area (Å²) < 4.78 is 0. The first-order valence-corrected chi connectivity index (χ1v) is 5.44. The molecule has 0 spiro atoms. The first-order valence-electron chi connectivity index (χ1n) is 5.44. The summed E-state index contributed by atoms with van der Waals surface area (Å²) in [4.78, 5) is 13.4. The van der Waals surface area contributed by atoms with E-state index in [2.05, 4.69) is 4.99 Å². The van der Waals surface area contributed by atoms with Gasteiger partial charge in [0.1, 0.15) is 0 Å². The lowest BCUT2D eigenvalue weighted by molar-refractivity contribution is 0.310. The predicted octanol–water partition coefficient (Wildman–Crippen LogP) is 2.54. The van der Waals surface area contributed by atoms with E-state index < -0.39 is 0 Å². The standard InChI is InChI=1S/C11H17NO/c13-8-12-5-1-2-10-6-9-3-4-11(10)7-9/h9-11H,1-7H2. The van der Waals surface area contributed by atoms with Gasteiger partial charge in [-0.15, -0.1) is 0 Å². The molecule has 2 saturated carbocycles. The minimum atomic E-state index is 0.692. The van der Waals surface area contributed by atoms with Gasteiger partial charge >= 0.3 is 0 Å². The normalized spacial score (nSPS) is 36.2. The van der Waals surface area contributed by atoms with Crippen molar-refractivity contribution >= 4 is 6.08 Å². The van der Waals surface area contributed by atoms with Crippen LogP contribution in [0.3, 0.4) is 0 Å². The second-order valence-electron chi connectivity index (χ2n) is 4.55. The highest BCUT2D eigenvalue weighted by atomic mass is 16.1. The highest BCUT2D eigenvalue weighted by Gasteiger charge is 2.38. The van der Waals surface area contributed by atoms with E-state index >= 15 is 0 Å². The summed E-state index contributed by atoms with van der Waals surface area (Å²) in [5.41, 5.74) is 0. The molecule has 0 aromatic carbocycles. The van der Waals surface area contributed by atoms with Crippen LogP contribution >= 0.6 is 0 Å². The molecule has 0 amide bonds. The molecule has 2 fully saturated rings. The predicted molar refractivity (Wildman–Crippen MR) is 51.2 cm³/mol. The van der Waals surface area contributed by atoms with Crippen LogP contribution in [0, 0.1) is 17.8 Å². The average Bonchev–Trinajstić information content (AvgIpc) is 2.73. The van der Waals surface area contributed by atoms with Crippen LogP contribution in [0.5, 0.6) is 0 Å². The van der Waals surface area contributed by atoms with Crippen molar-refractivity contribution in [3.8, 4) is 0 Å². The molecule has 2 aliphatic rings. The molecule has 0 heterocycles. The summed E-state index contributed by atoms with van der Waals surface area (Å²) in [5, 5.41) is 0. The molecule has 0 saturated heterocycles. The summed E-state index contributed by atoms with van der Waals surface area (Å²) in [6.07, 6.45) is 9.86. The molecule has 0 N–H and O–H groups in total. The SMILES string of the molecule is O=C=NCCCC1CC2CCC1C2. The fraction of sp³-hybridized carbons (Fsp3) is 0.909. The maximum absolute atomic E-state index is 9.84. The first kappa shape index (κ1) is 8.96. The van der Waals surface area contributed by atoms with Crippen LogP contribution in [0.15, 0.2) is 4.99 Å². The molecule has 0 aromatic rings. The monoisotopic (exact) mass is 179 g/mol. The van der Waals surface area contributed by atoms with E-state index in [0.717, 1.165) is 24.2 Å². The zero-order valence-electron chi connectivity index (χ0n) is 8.04. The molecule has 0 radical (unpaired) electrons. The zero-order valence-corrected chi connectivity index (χ0v) is 8.04. The summed E-state index contributed by atoms with van der Waals surface area (Å²) in [6, 6.07) is 0. The van der Waals surface area contributed by atoms with Crippen molar-refractivity contribution in [1.29, 1.82) is 0 Å². The Morgan fingerprint density at radius 2 is 2.23 bits per heavy atom. The molecule has 3 unspecified atom stereocenters. The van der Waals surface area contributed by atoms with E-state index in [9.17, 15) is 4.79 Å². The molecule has 0 aliphatic heterocycles. The van der Waals surface area contributed by atoms with E-state index in [0.29, 0.717) is 6.54 Å². The molecule has 2 heteroatoms. The molecule has 2 aliphatic carbocycles. The second-order valence-corrected chi connectivity index (χ2v) is 4.55. The van der Waals surface area contributed by atoms with Crippen LogP contribution in [0.2, 0.25) is 0 Å². The van der Waals surface area contributed by atoms with E-state index in [-0.39, 0.29) is 0 Å². The summed E-state index contributed by atoms with van der Waals surface area (Å²) in [7, 11) is 0. The Morgan fingerprint density at radius 3 is 2.85 bits per heavy atom. The van der Waals surface area contributed by atoms with Gasteiger partial charge in [-0.2, -0.15) is 0 Å². The number of carbonyl (C=O) groups excluding carboxylic acids is 1. The van der Waals surface area contributed by atoms with Crippen molar-refractivity contribution in [2.75, 3.05) is 6.54 Å². The Labute approximate surface area is 79.4 Å². The minimum absolute atomic E-state index is 0.692. The second kappa shape index (κ2) is 4.06. The molecule has 3 atom stereocenters. The number of nitrogens with zero attached hydrogens (tertiary/aromatic N) is 1. The molecule has 2 nitrogen and oxygen atoms in total. The van der Waals surface area contributed by atoms with Gasteiger partial charge in [-0.1, -0.05) is 6.42 Å². The maximum Gasteiger partial charge on any atom is 0.234 e. The molecule has 2 bridgehead atoms. The lowest BCUT2D eigenvalue weighted by Gasteiger charge is -2.20. The topological polar surface area (TPSA) is 29.4 Å². The Balaban J connectivity index is 1.68. The van der Waals surface area contributed by atoms with Gasteiger partial charge in [-0.25, -0.2) is 9.79 Å².